The number of aryl methyl sites for hydroxylation is 1. The number of para-hydroxylation sites is 3. The largest absolute Gasteiger partial charge is 0.495 e. The van der Waals surface area contributed by atoms with Crippen LogP contribution in [-0.4, -0.2) is 32.3 Å². The van der Waals surface area contributed by atoms with E-state index in [1.165, 1.54) is 7.11 Å². The first kappa shape index (κ1) is 25.9. The van der Waals surface area contributed by atoms with Crippen LogP contribution in [0.5, 0.6) is 17.2 Å². The Kier molecular flexibility index (Phi) is 8.22. The van der Waals surface area contributed by atoms with Crippen molar-refractivity contribution in [3.8, 4) is 17.2 Å². The predicted molar refractivity (Wildman–Crippen MR) is 143 cm³/mol. The highest BCUT2D eigenvalue weighted by atomic mass is 32.2. The van der Waals surface area contributed by atoms with Crippen molar-refractivity contribution in [1.29, 1.82) is 0 Å². The molecule has 1 N–H and O–H groups in total. The van der Waals surface area contributed by atoms with Gasteiger partial charge in [-0.2, -0.15) is 4.31 Å². The first-order valence-electron chi connectivity index (χ1n) is 11.7. The van der Waals surface area contributed by atoms with Crippen LogP contribution in [0.25, 0.3) is 0 Å². The van der Waals surface area contributed by atoms with Crippen LogP contribution < -0.4 is 14.8 Å². The molecule has 0 aliphatic carbocycles. The molecule has 0 aromatic heterocycles. The first-order chi connectivity index (χ1) is 17.9. The molecule has 4 rings (SSSR count). The molecule has 0 saturated carbocycles. The molecule has 4 aromatic rings. The standard InChI is InChI=1S/C29H28N2O5S/c1-22-17-18-27(35-2)28(19-22)37(33,34)31(20-23-11-5-3-6-12-23)21-29(32)30-25-15-9-10-16-26(25)36-24-13-7-4-8-14-24/h3-19H,20-21H2,1-2H3,(H,30,32). The third-order valence-electron chi connectivity index (χ3n) is 5.59. The van der Waals surface area contributed by atoms with Gasteiger partial charge in [0.1, 0.15) is 16.4 Å². The summed E-state index contributed by atoms with van der Waals surface area (Å²) in [5.41, 5.74) is 1.94. The van der Waals surface area contributed by atoms with Crippen LogP contribution in [-0.2, 0) is 21.4 Å². The fourth-order valence-electron chi connectivity index (χ4n) is 3.76. The fourth-order valence-corrected chi connectivity index (χ4v) is 5.39. The molecule has 0 radical (unpaired) electrons. The Bertz CT molecular complexity index is 1460. The highest BCUT2D eigenvalue weighted by Crippen LogP contribution is 2.31. The summed E-state index contributed by atoms with van der Waals surface area (Å²) < 4.78 is 40.0. The van der Waals surface area contributed by atoms with Crippen molar-refractivity contribution in [3.63, 3.8) is 0 Å². The molecule has 0 saturated heterocycles. The molecule has 0 heterocycles. The highest BCUT2D eigenvalue weighted by molar-refractivity contribution is 7.89. The maximum atomic E-state index is 13.8. The summed E-state index contributed by atoms with van der Waals surface area (Å²) in [6.45, 7) is 1.40. The lowest BCUT2D eigenvalue weighted by molar-refractivity contribution is -0.116. The molecule has 0 bridgehead atoms. The number of anilines is 1. The average Bonchev–Trinajstić information content (AvgIpc) is 2.90. The van der Waals surface area contributed by atoms with Crippen LogP contribution >= 0.6 is 0 Å². The summed E-state index contributed by atoms with van der Waals surface area (Å²) in [5, 5.41) is 2.81. The van der Waals surface area contributed by atoms with E-state index in [0.29, 0.717) is 17.2 Å². The number of carbonyl (C=O) groups is 1. The minimum atomic E-state index is -4.09. The predicted octanol–water partition coefficient (Wildman–Crippen LogP) is 5.63. The van der Waals surface area contributed by atoms with Gasteiger partial charge in [0, 0.05) is 6.54 Å². The molecular weight excluding hydrogens is 488 g/mol. The number of rotatable bonds is 10. The van der Waals surface area contributed by atoms with Gasteiger partial charge < -0.3 is 14.8 Å². The first-order valence-corrected chi connectivity index (χ1v) is 13.1. The van der Waals surface area contributed by atoms with Gasteiger partial charge in [-0.3, -0.25) is 4.79 Å². The van der Waals surface area contributed by atoms with E-state index in [1.54, 1.807) is 49.4 Å². The molecule has 8 heteroatoms. The summed E-state index contributed by atoms with van der Waals surface area (Å²) >= 11 is 0. The number of sulfonamides is 1. The summed E-state index contributed by atoms with van der Waals surface area (Å²) in [5.74, 6) is 0.768. The van der Waals surface area contributed by atoms with Crippen molar-refractivity contribution in [3.05, 3.63) is 114 Å². The van der Waals surface area contributed by atoms with Crippen LogP contribution in [0.1, 0.15) is 11.1 Å². The van der Waals surface area contributed by atoms with Crippen molar-refractivity contribution in [1.82, 2.24) is 4.31 Å². The summed E-state index contributed by atoms with van der Waals surface area (Å²) in [4.78, 5) is 13.2. The van der Waals surface area contributed by atoms with Gasteiger partial charge in [0.15, 0.2) is 5.75 Å². The minimum absolute atomic E-state index is 0.00606. The molecule has 0 fully saturated rings. The van der Waals surface area contributed by atoms with E-state index < -0.39 is 22.5 Å². The third kappa shape index (κ3) is 6.55. The van der Waals surface area contributed by atoms with E-state index >= 15 is 0 Å². The number of hydrogen-bond acceptors (Lipinski definition) is 5. The zero-order valence-electron chi connectivity index (χ0n) is 20.6. The molecule has 4 aromatic carbocycles. The summed E-state index contributed by atoms with van der Waals surface area (Å²) in [7, 11) is -2.68. The van der Waals surface area contributed by atoms with Gasteiger partial charge >= 0.3 is 0 Å². The second-order valence-electron chi connectivity index (χ2n) is 8.37. The zero-order chi connectivity index (χ0) is 26.3. The Morgan fingerprint density at radius 1 is 0.838 bits per heavy atom. The topological polar surface area (TPSA) is 84.9 Å². The molecule has 0 unspecified atom stereocenters. The normalized spacial score (nSPS) is 11.2. The van der Waals surface area contributed by atoms with E-state index in [1.807, 2.05) is 60.7 Å². The van der Waals surface area contributed by atoms with E-state index in [4.69, 9.17) is 9.47 Å². The van der Waals surface area contributed by atoms with Gasteiger partial charge in [-0.1, -0.05) is 66.7 Å². The van der Waals surface area contributed by atoms with Crippen molar-refractivity contribution >= 4 is 21.6 Å². The van der Waals surface area contributed by atoms with Gasteiger partial charge in [0.05, 0.1) is 19.3 Å². The Morgan fingerprint density at radius 2 is 1.49 bits per heavy atom. The van der Waals surface area contributed by atoms with Crippen LogP contribution in [0.2, 0.25) is 0 Å². The molecule has 0 aliphatic heterocycles. The van der Waals surface area contributed by atoms with Gasteiger partial charge in [-0.15, -0.1) is 0 Å². The number of carbonyl (C=O) groups excluding carboxylic acids is 1. The number of nitrogens with zero attached hydrogens (tertiary/aromatic N) is 1. The second-order valence-corrected chi connectivity index (χ2v) is 10.3. The van der Waals surface area contributed by atoms with Gasteiger partial charge in [0.2, 0.25) is 15.9 Å². The van der Waals surface area contributed by atoms with Crippen LogP contribution in [0, 0.1) is 6.92 Å². The number of methoxy groups -OCH3 is 1. The maximum Gasteiger partial charge on any atom is 0.247 e. The van der Waals surface area contributed by atoms with Crippen molar-refractivity contribution in [2.45, 2.75) is 18.4 Å². The third-order valence-corrected chi connectivity index (χ3v) is 7.40. The lowest BCUT2D eigenvalue weighted by Gasteiger charge is -2.23. The Balaban J connectivity index is 1.62. The average molecular weight is 517 g/mol. The SMILES string of the molecule is COc1ccc(C)cc1S(=O)(=O)N(CC(=O)Nc1ccccc1Oc1ccccc1)Cc1ccccc1. The lowest BCUT2D eigenvalue weighted by Crippen LogP contribution is -2.37. The van der Waals surface area contributed by atoms with Gasteiger partial charge in [-0.05, 0) is 54.4 Å². The Labute approximate surface area is 217 Å². The highest BCUT2D eigenvalue weighted by Gasteiger charge is 2.30. The molecular formula is C29H28N2O5S. The van der Waals surface area contributed by atoms with Crippen LogP contribution in [0.4, 0.5) is 5.69 Å². The molecule has 190 valence electrons. The van der Waals surface area contributed by atoms with Gasteiger partial charge in [0.25, 0.3) is 0 Å². The lowest BCUT2D eigenvalue weighted by atomic mass is 10.2. The number of benzene rings is 4. The molecule has 0 aliphatic rings. The summed E-state index contributed by atoms with van der Waals surface area (Å²) in [6.07, 6.45) is 0. The molecule has 0 atom stereocenters. The van der Waals surface area contributed by atoms with Crippen molar-refractivity contribution in [2.75, 3.05) is 19.0 Å². The Hall–Kier alpha value is -4.14. The van der Waals surface area contributed by atoms with E-state index in [9.17, 15) is 13.2 Å². The summed E-state index contributed by atoms with van der Waals surface area (Å²) in [6, 6.07) is 30.3. The number of hydrogen-bond donors (Lipinski definition) is 1. The van der Waals surface area contributed by atoms with Gasteiger partial charge in [-0.25, -0.2) is 8.42 Å². The zero-order valence-corrected chi connectivity index (χ0v) is 21.4. The monoisotopic (exact) mass is 516 g/mol. The quantitative estimate of drug-likeness (QED) is 0.296. The van der Waals surface area contributed by atoms with Crippen molar-refractivity contribution < 1.29 is 22.7 Å². The molecule has 37 heavy (non-hydrogen) atoms. The minimum Gasteiger partial charge on any atom is -0.495 e. The van der Waals surface area contributed by atoms with E-state index in [2.05, 4.69) is 5.32 Å². The fraction of sp³-hybridized carbons (Fsp3) is 0.138. The van der Waals surface area contributed by atoms with Crippen molar-refractivity contribution in [2.24, 2.45) is 0 Å². The molecule has 0 spiro atoms. The number of amides is 1. The second kappa shape index (κ2) is 11.7. The number of ether oxygens (including phenoxy) is 2. The van der Waals surface area contributed by atoms with Crippen LogP contribution in [0.3, 0.4) is 0 Å². The van der Waals surface area contributed by atoms with E-state index in [0.717, 1.165) is 15.4 Å². The Morgan fingerprint density at radius 3 is 2.19 bits per heavy atom. The number of nitrogens with one attached hydrogen (secondary N) is 1. The maximum absolute atomic E-state index is 13.8. The molecule has 1 amide bonds. The smallest absolute Gasteiger partial charge is 0.247 e. The molecule has 7 nitrogen and oxygen atoms in total. The van der Waals surface area contributed by atoms with E-state index in [-0.39, 0.29) is 17.2 Å². The van der Waals surface area contributed by atoms with Crippen LogP contribution in [0.15, 0.2) is 108 Å².